The summed E-state index contributed by atoms with van der Waals surface area (Å²) in [6.07, 6.45) is 0. The molecule has 0 bridgehead atoms. The largest absolute Gasteiger partial charge is 0.493 e. The summed E-state index contributed by atoms with van der Waals surface area (Å²) < 4.78 is 20.0. The fraction of sp³-hybridized carbons (Fsp3) is 0.133. The number of rotatable bonds is 6. The highest BCUT2D eigenvalue weighted by Crippen LogP contribution is 2.18. The van der Waals surface area contributed by atoms with Crippen molar-refractivity contribution in [1.82, 2.24) is 20.2 Å². The molecule has 0 amide bonds. The average Bonchev–Trinajstić information content (AvgIpc) is 3.02. The lowest BCUT2D eigenvalue weighted by Gasteiger charge is -2.06. The fourth-order valence-corrected chi connectivity index (χ4v) is 2.53. The second-order valence-electron chi connectivity index (χ2n) is 4.36. The van der Waals surface area contributed by atoms with Gasteiger partial charge in [-0.2, -0.15) is 4.68 Å². The number of hydrogen-bond acceptors (Lipinski definition) is 5. The van der Waals surface area contributed by atoms with Crippen molar-refractivity contribution in [2.45, 2.75) is 5.16 Å². The summed E-state index contributed by atoms with van der Waals surface area (Å²) in [6.45, 7) is 0.484. The highest BCUT2D eigenvalue weighted by atomic mass is 32.2. The Bertz CT molecular complexity index is 718. The third-order valence-electron chi connectivity index (χ3n) is 2.84. The molecule has 1 heterocycles. The first-order chi connectivity index (χ1) is 10.8. The quantitative estimate of drug-likeness (QED) is 0.517. The molecule has 7 heteroatoms. The third-order valence-corrected chi connectivity index (χ3v) is 3.72. The molecular weight excluding hydrogens is 303 g/mol. The smallest absolute Gasteiger partial charge is 0.214 e. The molecule has 0 saturated heterocycles. The van der Waals surface area contributed by atoms with E-state index in [1.807, 2.05) is 30.3 Å². The van der Waals surface area contributed by atoms with E-state index in [9.17, 15) is 4.39 Å². The second kappa shape index (κ2) is 7.04. The minimum absolute atomic E-state index is 0.274. The van der Waals surface area contributed by atoms with Crippen molar-refractivity contribution in [1.29, 1.82) is 0 Å². The van der Waals surface area contributed by atoms with E-state index in [1.165, 1.54) is 23.9 Å². The van der Waals surface area contributed by atoms with Crippen molar-refractivity contribution >= 4 is 11.8 Å². The molecule has 0 aliphatic rings. The highest BCUT2D eigenvalue weighted by molar-refractivity contribution is 7.99. The summed E-state index contributed by atoms with van der Waals surface area (Å²) >= 11 is 1.50. The van der Waals surface area contributed by atoms with Crippen LogP contribution >= 0.6 is 11.8 Å². The Kier molecular flexibility index (Phi) is 4.65. The zero-order valence-electron chi connectivity index (χ0n) is 11.6. The fourth-order valence-electron chi connectivity index (χ4n) is 1.82. The summed E-state index contributed by atoms with van der Waals surface area (Å²) in [4.78, 5) is 0. The van der Waals surface area contributed by atoms with Crippen LogP contribution in [0.4, 0.5) is 4.39 Å². The molecular formula is C15H13FN4OS. The van der Waals surface area contributed by atoms with Crippen LogP contribution in [0.1, 0.15) is 0 Å². The maximum atomic E-state index is 12.8. The maximum Gasteiger partial charge on any atom is 0.214 e. The molecule has 0 unspecified atom stereocenters. The van der Waals surface area contributed by atoms with E-state index in [4.69, 9.17) is 4.74 Å². The van der Waals surface area contributed by atoms with Gasteiger partial charge in [0, 0.05) is 5.75 Å². The van der Waals surface area contributed by atoms with Crippen LogP contribution in [0, 0.1) is 5.82 Å². The summed E-state index contributed by atoms with van der Waals surface area (Å²) in [5.41, 5.74) is 0.912. The van der Waals surface area contributed by atoms with Gasteiger partial charge >= 0.3 is 0 Å². The highest BCUT2D eigenvalue weighted by Gasteiger charge is 2.08. The Labute approximate surface area is 131 Å². The molecule has 5 nitrogen and oxygen atoms in total. The molecule has 0 aliphatic carbocycles. The Morgan fingerprint density at radius 1 is 1.05 bits per heavy atom. The van der Waals surface area contributed by atoms with Gasteiger partial charge in [0.15, 0.2) is 0 Å². The lowest BCUT2D eigenvalue weighted by atomic mass is 10.3. The first-order valence-electron chi connectivity index (χ1n) is 6.68. The molecule has 2 aromatic carbocycles. The Hall–Kier alpha value is -2.41. The summed E-state index contributed by atoms with van der Waals surface area (Å²) in [6, 6.07) is 15.6. The van der Waals surface area contributed by atoms with E-state index >= 15 is 0 Å². The van der Waals surface area contributed by atoms with Crippen molar-refractivity contribution in [3.8, 4) is 11.4 Å². The number of thioether (sulfide) groups is 1. The lowest BCUT2D eigenvalue weighted by molar-refractivity contribution is 0.343. The van der Waals surface area contributed by atoms with Crippen LogP contribution in [0.3, 0.4) is 0 Å². The number of aromatic nitrogens is 4. The first-order valence-corrected chi connectivity index (χ1v) is 7.66. The molecule has 0 aliphatic heterocycles. The van der Waals surface area contributed by atoms with Crippen molar-refractivity contribution < 1.29 is 9.13 Å². The van der Waals surface area contributed by atoms with E-state index < -0.39 is 0 Å². The van der Waals surface area contributed by atoms with E-state index in [2.05, 4.69) is 15.5 Å². The van der Waals surface area contributed by atoms with Crippen LogP contribution in [-0.2, 0) is 0 Å². The number of nitrogens with zero attached hydrogens (tertiary/aromatic N) is 4. The van der Waals surface area contributed by atoms with Gasteiger partial charge in [0.2, 0.25) is 5.16 Å². The van der Waals surface area contributed by atoms with Gasteiger partial charge in [0.1, 0.15) is 11.6 Å². The Morgan fingerprint density at radius 3 is 2.59 bits per heavy atom. The molecule has 0 fully saturated rings. The van der Waals surface area contributed by atoms with E-state index in [-0.39, 0.29) is 5.82 Å². The molecule has 22 heavy (non-hydrogen) atoms. The van der Waals surface area contributed by atoms with Crippen LogP contribution in [0.5, 0.6) is 5.75 Å². The number of halogens is 1. The van der Waals surface area contributed by atoms with Crippen molar-refractivity contribution in [3.05, 3.63) is 60.4 Å². The number of tetrazole rings is 1. The minimum atomic E-state index is -0.274. The molecule has 3 rings (SSSR count). The SMILES string of the molecule is Fc1ccc(OCCSc2nnnn2-c2ccccc2)cc1. The molecule has 112 valence electrons. The second-order valence-corrected chi connectivity index (χ2v) is 5.42. The van der Waals surface area contributed by atoms with E-state index in [0.717, 1.165) is 5.69 Å². The van der Waals surface area contributed by atoms with Crippen LogP contribution in [0.15, 0.2) is 59.8 Å². The Morgan fingerprint density at radius 2 is 1.82 bits per heavy atom. The first kappa shape index (κ1) is 14.5. The van der Waals surface area contributed by atoms with E-state index in [0.29, 0.717) is 23.3 Å². The number of para-hydroxylation sites is 1. The Balaban J connectivity index is 1.54. The molecule has 0 radical (unpaired) electrons. The molecule has 0 saturated carbocycles. The summed E-state index contributed by atoms with van der Waals surface area (Å²) in [7, 11) is 0. The molecule has 1 aromatic heterocycles. The predicted octanol–water partition coefficient (Wildman–Crippen LogP) is 2.97. The average molecular weight is 316 g/mol. The number of hydrogen-bond donors (Lipinski definition) is 0. The van der Waals surface area contributed by atoms with Gasteiger partial charge in [-0.25, -0.2) is 4.39 Å². The van der Waals surface area contributed by atoms with Crippen LogP contribution < -0.4 is 4.74 Å². The predicted molar refractivity (Wildman–Crippen MR) is 81.8 cm³/mol. The van der Waals surface area contributed by atoms with Gasteiger partial charge in [-0.1, -0.05) is 30.0 Å². The zero-order chi connectivity index (χ0) is 15.2. The maximum absolute atomic E-state index is 12.8. The third kappa shape index (κ3) is 3.62. The molecule has 0 N–H and O–H groups in total. The van der Waals surface area contributed by atoms with Crippen LogP contribution in [-0.4, -0.2) is 32.6 Å². The topological polar surface area (TPSA) is 52.8 Å². The lowest BCUT2D eigenvalue weighted by Crippen LogP contribution is -2.03. The number of ether oxygens (including phenoxy) is 1. The zero-order valence-corrected chi connectivity index (χ0v) is 12.4. The van der Waals surface area contributed by atoms with Gasteiger partial charge in [-0.3, -0.25) is 0 Å². The normalized spacial score (nSPS) is 10.6. The summed E-state index contributed by atoms with van der Waals surface area (Å²) in [5.74, 6) is 1.05. The van der Waals surface area contributed by atoms with Gasteiger partial charge in [0.05, 0.1) is 12.3 Å². The minimum Gasteiger partial charge on any atom is -0.493 e. The van der Waals surface area contributed by atoms with E-state index in [1.54, 1.807) is 16.8 Å². The van der Waals surface area contributed by atoms with Crippen molar-refractivity contribution in [2.75, 3.05) is 12.4 Å². The van der Waals surface area contributed by atoms with Crippen molar-refractivity contribution in [2.24, 2.45) is 0 Å². The van der Waals surface area contributed by atoms with Crippen LogP contribution in [0.25, 0.3) is 5.69 Å². The molecule has 0 atom stereocenters. The van der Waals surface area contributed by atoms with Crippen LogP contribution in [0.2, 0.25) is 0 Å². The van der Waals surface area contributed by atoms with Crippen molar-refractivity contribution in [3.63, 3.8) is 0 Å². The van der Waals surface area contributed by atoms with Gasteiger partial charge in [-0.15, -0.1) is 5.10 Å². The number of benzene rings is 2. The molecule has 3 aromatic rings. The molecule has 0 spiro atoms. The van der Waals surface area contributed by atoms with Gasteiger partial charge in [-0.05, 0) is 46.8 Å². The van der Waals surface area contributed by atoms with Gasteiger partial charge in [0.25, 0.3) is 0 Å². The summed E-state index contributed by atoms with van der Waals surface area (Å²) in [5, 5.41) is 12.4. The monoisotopic (exact) mass is 316 g/mol. The standard InChI is InChI=1S/C15H13FN4OS/c16-12-6-8-14(9-7-12)21-10-11-22-15-17-18-19-20(15)13-4-2-1-3-5-13/h1-9H,10-11H2. The van der Waals surface area contributed by atoms with Gasteiger partial charge < -0.3 is 4.74 Å².